The van der Waals surface area contributed by atoms with Gasteiger partial charge in [0.15, 0.2) is 0 Å². The molecule has 1 unspecified atom stereocenters. The number of pyridine rings is 1. The van der Waals surface area contributed by atoms with Gasteiger partial charge in [-0.2, -0.15) is 5.26 Å². The van der Waals surface area contributed by atoms with Gasteiger partial charge in [-0.3, -0.25) is 9.99 Å². The normalized spacial score (nSPS) is 16.3. The largest absolute Gasteiger partial charge is 0.373 e. The third kappa shape index (κ3) is 6.73. The summed E-state index contributed by atoms with van der Waals surface area (Å²) in [6, 6.07) is 15.6. The Morgan fingerprint density at radius 1 is 1.00 bits per heavy atom. The summed E-state index contributed by atoms with van der Waals surface area (Å²) in [5.74, 6) is -0.542. The van der Waals surface area contributed by atoms with Crippen molar-refractivity contribution < 1.29 is 4.39 Å². The maximum absolute atomic E-state index is 13.9. The van der Waals surface area contributed by atoms with E-state index in [1.165, 1.54) is 18.3 Å². The van der Waals surface area contributed by atoms with Crippen molar-refractivity contribution >= 4 is 74.4 Å². The summed E-state index contributed by atoms with van der Waals surface area (Å²) in [4.78, 5) is 6.90. The molecule has 1 atom stereocenters. The topological polar surface area (TPSA) is 91.3 Å². The number of piperidine rings is 1. The second-order valence-corrected chi connectivity index (χ2v) is 12.5. The van der Waals surface area contributed by atoms with E-state index in [2.05, 4.69) is 55.7 Å². The lowest BCUT2D eigenvalue weighted by atomic mass is 10.0. The van der Waals surface area contributed by atoms with E-state index in [1.54, 1.807) is 18.2 Å². The van der Waals surface area contributed by atoms with Crippen LogP contribution in [0.4, 0.5) is 21.5 Å². The van der Waals surface area contributed by atoms with E-state index < -0.39 is 5.82 Å². The number of likely N-dealkylation sites (tertiary alicyclic amines) is 1. The molecular weight excluding hydrogens is 657 g/mol. The molecule has 45 heavy (non-hydrogen) atoms. The highest BCUT2D eigenvalue weighted by Crippen LogP contribution is 2.38. The molecule has 0 amide bonds. The second kappa shape index (κ2) is 13.5. The van der Waals surface area contributed by atoms with Gasteiger partial charge < -0.3 is 21.0 Å². The Balaban J connectivity index is 1.38. The summed E-state index contributed by atoms with van der Waals surface area (Å²) in [6.07, 6.45) is 5.61. The standard InChI is InChI=1S/C32H29Cl4FN8/c1-2-44-9-7-22(8-10-44)45-17-29(42-43-45)31(18-3-5-24(33)25(34)11-18)41-21-12-23-30(40-20-4-6-28(37)26(35)13-20)19(15-38)16-39-32(23)27(36)14-21/h3-6,11-14,16-17,22,31,41-43H,2,7-10H2,1H3,(H,39,40). The van der Waals surface area contributed by atoms with Gasteiger partial charge in [-0.1, -0.05) is 59.4 Å². The number of hydrogen-bond acceptors (Lipinski definition) is 8. The minimum Gasteiger partial charge on any atom is -0.373 e. The molecule has 4 N–H and O–H groups in total. The molecule has 1 aromatic heterocycles. The predicted molar refractivity (Wildman–Crippen MR) is 180 cm³/mol. The number of halogens is 5. The molecular formula is C32H29Cl4FN8. The molecule has 4 aromatic rings. The third-order valence-electron chi connectivity index (χ3n) is 8.14. The van der Waals surface area contributed by atoms with Gasteiger partial charge in [0.2, 0.25) is 0 Å². The van der Waals surface area contributed by atoms with Crippen LogP contribution in [-0.2, 0) is 0 Å². The molecule has 6 rings (SSSR count). The van der Waals surface area contributed by atoms with Gasteiger partial charge in [0.05, 0.1) is 48.6 Å². The average Bonchev–Trinajstić information content (AvgIpc) is 3.53. The zero-order chi connectivity index (χ0) is 31.7. The van der Waals surface area contributed by atoms with Crippen molar-refractivity contribution in [3.05, 3.63) is 104 Å². The summed E-state index contributed by atoms with van der Waals surface area (Å²) >= 11 is 25.6. The Bertz CT molecular complexity index is 1820. The highest BCUT2D eigenvalue weighted by molar-refractivity contribution is 6.42. The second-order valence-electron chi connectivity index (χ2n) is 10.9. The molecule has 0 spiro atoms. The molecule has 2 aliphatic rings. The van der Waals surface area contributed by atoms with Gasteiger partial charge in [-0.05, 0) is 67.4 Å². The van der Waals surface area contributed by atoms with E-state index in [-0.39, 0.29) is 16.6 Å². The van der Waals surface area contributed by atoms with Crippen LogP contribution in [0.1, 0.15) is 36.9 Å². The van der Waals surface area contributed by atoms with E-state index in [1.807, 2.05) is 18.2 Å². The first-order chi connectivity index (χ1) is 21.7. The fourth-order valence-electron chi connectivity index (χ4n) is 5.68. The SMILES string of the molecule is CCN1CCC(N2C=C(C(Nc3cc(Cl)c4ncc(C#N)c(Nc5ccc(F)c(Cl)c5)c4c3)c3ccc(Cl)c(Cl)c3)NN2)CC1. The van der Waals surface area contributed by atoms with Crippen molar-refractivity contribution in [1.82, 2.24) is 25.9 Å². The van der Waals surface area contributed by atoms with Crippen LogP contribution in [0.25, 0.3) is 10.9 Å². The van der Waals surface area contributed by atoms with Gasteiger partial charge in [-0.15, -0.1) is 5.53 Å². The number of hydrazine groups is 2. The summed E-state index contributed by atoms with van der Waals surface area (Å²) in [5.41, 5.74) is 10.8. The van der Waals surface area contributed by atoms with Crippen LogP contribution in [0, 0.1) is 17.1 Å². The molecule has 3 aromatic carbocycles. The van der Waals surface area contributed by atoms with Crippen molar-refractivity contribution in [2.75, 3.05) is 30.3 Å². The van der Waals surface area contributed by atoms with E-state index >= 15 is 0 Å². The molecule has 1 fully saturated rings. The zero-order valence-corrected chi connectivity index (χ0v) is 27.2. The smallest absolute Gasteiger partial charge is 0.141 e. The van der Waals surface area contributed by atoms with Crippen LogP contribution in [0.3, 0.4) is 0 Å². The summed E-state index contributed by atoms with van der Waals surface area (Å²) < 4.78 is 13.9. The van der Waals surface area contributed by atoms with E-state index in [0.717, 1.165) is 43.7 Å². The van der Waals surface area contributed by atoms with Crippen LogP contribution < -0.4 is 21.6 Å². The zero-order valence-electron chi connectivity index (χ0n) is 24.1. The first-order valence-corrected chi connectivity index (χ1v) is 15.9. The lowest BCUT2D eigenvalue weighted by Crippen LogP contribution is -2.48. The number of hydrogen-bond donors (Lipinski definition) is 4. The summed E-state index contributed by atoms with van der Waals surface area (Å²) in [7, 11) is 0. The number of aromatic nitrogens is 1. The molecule has 8 nitrogen and oxygen atoms in total. The van der Waals surface area contributed by atoms with Crippen LogP contribution in [0.5, 0.6) is 0 Å². The lowest BCUT2D eigenvalue weighted by Gasteiger charge is -2.35. The van der Waals surface area contributed by atoms with E-state index in [4.69, 9.17) is 46.4 Å². The molecule has 13 heteroatoms. The monoisotopic (exact) mass is 684 g/mol. The highest BCUT2D eigenvalue weighted by Gasteiger charge is 2.29. The van der Waals surface area contributed by atoms with E-state index in [0.29, 0.717) is 49.1 Å². The number of anilines is 3. The van der Waals surface area contributed by atoms with Crippen molar-refractivity contribution in [1.29, 1.82) is 5.26 Å². The fourth-order valence-corrected chi connectivity index (χ4v) is 6.44. The van der Waals surface area contributed by atoms with Crippen molar-refractivity contribution in [2.45, 2.75) is 31.8 Å². The Morgan fingerprint density at radius 3 is 2.49 bits per heavy atom. The van der Waals surface area contributed by atoms with Gasteiger partial charge in [0.1, 0.15) is 11.9 Å². The highest BCUT2D eigenvalue weighted by atomic mass is 35.5. The Morgan fingerprint density at radius 2 is 1.78 bits per heavy atom. The fraction of sp³-hybridized carbons (Fsp3) is 0.250. The molecule has 1 saturated heterocycles. The summed E-state index contributed by atoms with van der Waals surface area (Å²) in [5, 5.41) is 20.7. The first kappa shape index (κ1) is 31.5. The number of nitrogens with zero attached hydrogens (tertiary/aromatic N) is 4. The maximum atomic E-state index is 13.9. The molecule has 0 bridgehead atoms. The van der Waals surface area contributed by atoms with Crippen LogP contribution in [0.2, 0.25) is 20.1 Å². The predicted octanol–water partition coefficient (Wildman–Crippen LogP) is 8.41. The molecule has 0 radical (unpaired) electrons. The molecule has 232 valence electrons. The number of rotatable bonds is 8. The number of fused-ring (bicyclic) bond motifs is 1. The van der Waals surface area contributed by atoms with Gasteiger partial charge in [-0.25, -0.2) is 4.39 Å². The number of nitriles is 1. The molecule has 0 saturated carbocycles. The maximum Gasteiger partial charge on any atom is 0.141 e. The minimum atomic E-state index is -0.542. The quantitative estimate of drug-likeness (QED) is 0.147. The molecule has 0 aliphatic carbocycles. The third-order valence-corrected chi connectivity index (χ3v) is 9.46. The van der Waals surface area contributed by atoms with Crippen molar-refractivity contribution in [2.24, 2.45) is 0 Å². The molecule has 3 heterocycles. The van der Waals surface area contributed by atoms with Crippen molar-refractivity contribution in [3.8, 4) is 6.07 Å². The number of benzene rings is 3. The van der Waals surface area contributed by atoms with Crippen molar-refractivity contribution in [3.63, 3.8) is 0 Å². The van der Waals surface area contributed by atoms with Crippen LogP contribution >= 0.6 is 46.4 Å². The van der Waals surface area contributed by atoms with E-state index in [9.17, 15) is 9.65 Å². The minimum absolute atomic E-state index is 0.0439. The van der Waals surface area contributed by atoms with Gasteiger partial charge in [0.25, 0.3) is 0 Å². The Kier molecular flexibility index (Phi) is 9.43. The van der Waals surface area contributed by atoms with Crippen LogP contribution in [0.15, 0.2) is 66.6 Å². The van der Waals surface area contributed by atoms with Gasteiger partial charge >= 0.3 is 0 Å². The first-order valence-electron chi connectivity index (χ1n) is 14.4. The van der Waals surface area contributed by atoms with Crippen LogP contribution in [-0.4, -0.2) is 40.6 Å². The Hall–Kier alpha value is -3.49. The summed E-state index contributed by atoms with van der Waals surface area (Å²) in [6.45, 7) is 5.34. The average molecular weight is 686 g/mol. The Labute approximate surface area is 280 Å². The lowest BCUT2D eigenvalue weighted by molar-refractivity contribution is 0.112. The van der Waals surface area contributed by atoms with Gasteiger partial charge in [0, 0.05) is 48.3 Å². The molecule has 2 aliphatic heterocycles. The number of nitrogens with one attached hydrogen (secondary N) is 4.